The molecule has 1 aromatic carbocycles. The summed E-state index contributed by atoms with van der Waals surface area (Å²) < 4.78 is 32.1. The van der Waals surface area contributed by atoms with Gasteiger partial charge in [-0.25, -0.2) is 18.2 Å². The van der Waals surface area contributed by atoms with E-state index in [1.807, 2.05) is 12.3 Å². The van der Waals surface area contributed by atoms with E-state index in [-0.39, 0.29) is 17.1 Å². The highest BCUT2D eigenvalue weighted by molar-refractivity contribution is 7.89. The maximum Gasteiger partial charge on any atom is 0.338 e. The van der Waals surface area contributed by atoms with Crippen LogP contribution in [0.1, 0.15) is 40.3 Å². The van der Waals surface area contributed by atoms with Gasteiger partial charge in [-0.1, -0.05) is 12.5 Å². The first-order valence-corrected chi connectivity index (χ1v) is 10.5. The van der Waals surface area contributed by atoms with Crippen molar-refractivity contribution in [3.05, 3.63) is 45.9 Å². The number of benzene rings is 1. The van der Waals surface area contributed by atoms with Crippen LogP contribution >= 0.6 is 11.3 Å². The molecule has 1 saturated heterocycles. The summed E-state index contributed by atoms with van der Waals surface area (Å²) in [7, 11) is -3.57. The average molecular weight is 380 g/mol. The van der Waals surface area contributed by atoms with Gasteiger partial charge < -0.3 is 4.74 Å². The zero-order valence-electron chi connectivity index (χ0n) is 14.0. The Morgan fingerprint density at radius 1 is 1.28 bits per heavy atom. The molecule has 1 aliphatic rings. The number of esters is 1. The van der Waals surface area contributed by atoms with Crippen LogP contribution in [0.2, 0.25) is 0 Å². The third kappa shape index (κ3) is 4.26. The number of hydrogen-bond acceptors (Lipinski definition) is 6. The highest BCUT2D eigenvalue weighted by atomic mass is 32.2. The molecule has 3 rings (SSSR count). The zero-order chi connectivity index (χ0) is 17.9. The summed E-state index contributed by atoms with van der Waals surface area (Å²) in [5, 5.41) is 2.74. The van der Waals surface area contributed by atoms with E-state index in [2.05, 4.69) is 4.98 Å². The van der Waals surface area contributed by atoms with E-state index >= 15 is 0 Å². The first-order valence-electron chi connectivity index (χ1n) is 8.15. The van der Waals surface area contributed by atoms with Gasteiger partial charge in [-0.3, -0.25) is 0 Å². The van der Waals surface area contributed by atoms with Gasteiger partial charge in [0.15, 0.2) is 0 Å². The fraction of sp³-hybridized carbons (Fsp3) is 0.412. The Hall–Kier alpha value is -1.77. The Kier molecular flexibility index (Phi) is 5.51. The molecule has 0 N–H and O–H groups in total. The second kappa shape index (κ2) is 7.63. The predicted octanol–water partition coefficient (Wildman–Crippen LogP) is 2.98. The van der Waals surface area contributed by atoms with Crippen LogP contribution in [-0.4, -0.2) is 36.8 Å². The molecule has 0 amide bonds. The summed E-state index contributed by atoms with van der Waals surface area (Å²) in [4.78, 5) is 16.6. The lowest BCUT2D eigenvalue weighted by molar-refractivity contribution is 0.0468. The van der Waals surface area contributed by atoms with Crippen LogP contribution in [0.4, 0.5) is 0 Å². The number of carbonyl (C=O) groups is 1. The molecule has 1 fully saturated rings. The topological polar surface area (TPSA) is 76.6 Å². The molecule has 0 atom stereocenters. The van der Waals surface area contributed by atoms with Crippen LogP contribution in [-0.2, 0) is 21.4 Å². The molecule has 25 heavy (non-hydrogen) atoms. The Labute approximate surface area is 151 Å². The molecule has 0 radical (unpaired) electrons. The van der Waals surface area contributed by atoms with E-state index in [9.17, 15) is 13.2 Å². The molecule has 1 aromatic heterocycles. The molecule has 2 aromatic rings. The number of rotatable bonds is 5. The van der Waals surface area contributed by atoms with Gasteiger partial charge in [-0.15, -0.1) is 11.3 Å². The van der Waals surface area contributed by atoms with Crippen molar-refractivity contribution in [2.75, 3.05) is 13.1 Å². The highest BCUT2D eigenvalue weighted by Crippen LogP contribution is 2.21. The molecule has 0 unspecified atom stereocenters. The van der Waals surface area contributed by atoms with Crippen LogP contribution in [0.15, 0.2) is 34.5 Å². The van der Waals surface area contributed by atoms with Gasteiger partial charge >= 0.3 is 5.97 Å². The Morgan fingerprint density at radius 3 is 2.72 bits per heavy atom. The molecule has 0 spiro atoms. The van der Waals surface area contributed by atoms with E-state index in [4.69, 9.17) is 4.74 Å². The minimum atomic E-state index is -3.57. The predicted molar refractivity (Wildman–Crippen MR) is 95.0 cm³/mol. The summed E-state index contributed by atoms with van der Waals surface area (Å²) in [6, 6.07) is 6.04. The van der Waals surface area contributed by atoms with Crippen molar-refractivity contribution in [3.63, 3.8) is 0 Å². The van der Waals surface area contributed by atoms with E-state index in [0.29, 0.717) is 18.8 Å². The number of aromatic nitrogens is 1. The summed E-state index contributed by atoms with van der Waals surface area (Å²) in [6.45, 7) is 3.01. The fourth-order valence-corrected chi connectivity index (χ4v) is 4.90. The van der Waals surface area contributed by atoms with E-state index in [0.717, 1.165) is 24.3 Å². The van der Waals surface area contributed by atoms with Gasteiger partial charge in [-0.2, -0.15) is 4.31 Å². The quantitative estimate of drug-likeness (QED) is 0.745. The number of sulfonamides is 1. The van der Waals surface area contributed by atoms with Gasteiger partial charge in [0.05, 0.1) is 21.2 Å². The van der Waals surface area contributed by atoms with E-state index in [1.54, 1.807) is 12.1 Å². The maximum atomic E-state index is 12.7. The van der Waals surface area contributed by atoms with Gasteiger partial charge in [-0.05, 0) is 38.0 Å². The minimum Gasteiger partial charge on any atom is -0.456 e. The summed E-state index contributed by atoms with van der Waals surface area (Å²) in [6.07, 6.45) is 2.79. The largest absolute Gasteiger partial charge is 0.456 e. The summed E-state index contributed by atoms with van der Waals surface area (Å²) in [5.74, 6) is -0.554. The molecule has 134 valence electrons. The number of carbonyl (C=O) groups excluding carboxylic acids is 1. The lowest BCUT2D eigenvalue weighted by atomic mass is 10.2. The van der Waals surface area contributed by atoms with Gasteiger partial charge in [0.2, 0.25) is 10.0 Å². The zero-order valence-corrected chi connectivity index (χ0v) is 15.6. The Morgan fingerprint density at radius 2 is 2.04 bits per heavy atom. The third-order valence-electron chi connectivity index (χ3n) is 4.04. The number of aryl methyl sites for hydroxylation is 1. The van der Waals surface area contributed by atoms with Crippen molar-refractivity contribution >= 4 is 27.3 Å². The number of hydrogen-bond donors (Lipinski definition) is 0. The second-order valence-corrected chi connectivity index (χ2v) is 8.93. The molecular weight excluding hydrogens is 360 g/mol. The van der Waals surface area contributed by atoms with Crippen molar-refractivity contribution in [1.29, 1.82) is 0 Å². The molecule has 1 aliphatic heterocycles. The van der Waals surface area contributed by atoms with Crippen LogP contribution in [0.3, 0.4) is 0 Å². The standard InChI is InChI=1S/C17H20N2O4S2/c1-13-18-15(12-24-13)11-23-17(20)14-6-5-7-16(10-14)25(21,22)19-8-3-2-4-9-19/h5-7,10,12H,2-4,8-9,11H2,1H3. The first-order chi connectivity index (χ1) is 12.0. The number of ether oxygens (including phenoxy) is 1. The Balaban J connectivity index is 1.73. The monoisotopic (exact) mass is 380 g/mol. The van der Waals surface area contributed by atoms with Crippen molar-refractivity contribution in [2.24, 2.45) is 0 Å². The van der Waals surface area contributed by atoms with Crippen molar-refractivity contribution in [1.82, 2.24) is 9.29 Å². The Bertz CT molecular complexity index is 855. The summed E-state index contributed by atoms with van der Waals surface area (Å²) >= 11 is 1.49. The first kappa shape index (κ1) is 18.0. The highest BCUT2D eigenvalue weighted by Gasteiger charge is 2.26. The number of thiazole rings is 1. The van der Waals surface area contributed by atoms with E-state index < -0.39 is 16.0 Å². The second-order valence-electron chi connectivity index (χ2n) is 5.93. The van der Waals surface area contributed by atoms with E-state index in [1.165, 1.54) is 27.8 Å². The lowest BCUT2D eigenvalue weighted by Crippen LogP contribution is -2.35. The number of nitrogens with zero attached hydrogens (tertiary/aromatic N) is 2. The average Bonchev–Trinajstić information content (AvgIpc) is 3.06. The van der Waals surface area contributed by atoms with Gasteiger partial charge in [0.25, 0.3) is 0 Å². The molecule has 0 aliphatic carbocycles. The normalized spacial score (nSPS) is 15.9. The molecule has 0 bridgehead atoms. The smallest absolute Gasteiger partial charge is 0.338 e. The third-order valence-corrected chi connectivity index (χ3v) is 6.76. The van der Waals surface area contributed by atoms with Crippen molar-refractivity contribution in [2.45, 2.75) is 37.7 Å². The van der Waals surface area contributed by atoms with Crippen molar-refractivity contribution < 1.29 is 17.9 Å². The molecule has 2 heterocycles. The fourth-order valence-electron chi connectivity index (χ4n) is 2.74. The summed E-state index contributed by atoms with van der Waals surface area (Å²) in [5.41, 5.74) is 0.915. The minimum absolute atomic E-state index is 0.0757. The lowest BCUT2D eigenvalue weighted by Gasteiger charge is -2.25. The van der Waals surface area contributed by atoms with Crippen LogP contribution < -0.4 is 0 Å². The molecular formula is C17H20N2O4S2. The van der Waals surface area contributed by atoms with Crippen LogP contribution in [0.5, 0.6) is 0 Å². The van der Waals surface area contributed by atoms with Gasteiger partial charge in [0.1, 0.15) is 6.61 Å². The van der Waals surface area contributed by atoms with Crippen LogP contribution in [0, 0.1) is 6.92 Å². The number of piperidine rings is 1. The van der Waals surface area contributed by atoms with Crippen molar-refractivity contribution in [3.8, 4) is 0 Å². The van der Waals surface area contributed by atoms with Crippen LogP contribution in [0.25, 0.3) is 0 Å². The SMILES string of the molecule is Cc1nc(COC(=O)c2cccc(S(=O)(=O)N3CCCCC3)c2)cs1. The maximum absolute atomic E-state index is 12.7. The molecule has 0 saturated carbocycles. The van der Waals surface area contributed by atoms with Gasteiger partial charge in [0, 0.05) is 18.5 Å². The molecule has 8 heteroatoms. The molecule has 6 nitrogen and oxygen atoms in total.